The molecule has 0 aliphatic carbocycles. The van der Waals surface area contributed by atoms with Crippen molar-refractivity contribution in [3.63, 3.8) is 0 Å². The van der Waals surface area contributed by atoms with Crippen LogP contribution in [-0.4, -0.2) is 22.7 Å². The number of carbonyl (C=O) groups excluding carboxylic acids is 1. The van der Waals surface area contributed by atoms with Gasteiger partial charge in [-0.3, -0.25) is 4.79 Å². The number of primary amides is 1. The first-order valence-corrected chi connectivity index (χ1v) is 2.89. The molecular formula is C3H7NO2S. The molecule has 0 aliphatic heterocycles. The largest absolute Gasteiger partial charge is 0.386 e. The Balaban J connectivity index is 2.82. The fraction of sp³-hybridized carbons (Fsp3) is 0.667. The molecule has 3 nitrogen and oxygen atoms in total. The van der Waals surface area contributed by atoms with E-state index in [-0.39, 0.29) is 17.6 Å². The van der Waals surface area contributed by atoms with Crippen LogP contribution in [-0.2, 0) is 4.79 Å². The molecule has 0 saturated carbocycles. The van der Waals surface area contributed by atoms with Gasteiger partial charge in [0, 0.05) is 0 Å². The first kappa shape index (κ1) is 6.78. The van der Waals surface area contributed by atoms with Crippen LogP contribution in [0.1, 0.15) is 0 Å². The highest BCUT2D eigenvalue weighted by molar-refractivity contribution is 7.99. The Kier molecular flexibility index (Phi) is 3.83. The number of carbonyl (C=O) groups is 1. The molecule has 0 aromatic heterocycles. The van der Waals surface area contributed by atoms with Crippen molar-refractivity contribution < 1.29 is 9.90 Å². The average Bonchev–Trinajstić information content (AvgIpc) is 1.61. The van der Waals surface area contributed by atoms with E-state index in [1.165, 1.54) is 0 Å². The molecule has 0 fully saturated rings. The zero-order chi connectivity index (χ0) is 5.70. The Bertz CT molecular complexity index is 66.0. The fourth-order valence-electron chi connectivity index (χ4n) is 0.146. The van der Waals surface area contributed by atoms with Crippen LogP contribution in [0, 0.1) is 0 Å². The standard InChI is InChI=1S/C3H7NO2S/c4-3(6)1-7-2-5/h5H,1-2H2,(H2,4,6). The molecule has 7 heavy (non-hydrogen) atoms. The molecule has 0 radical (unpaired) electrons. The van der Waals surface area contributed by atoms with Gasteiger partial charge in [-0.2, -0.15) is 0 Å². The van der Waals surface area contributed by atoms with Crippen molar-refractivity contribution in [2.45, 2.75) is 0 Å². The molecule has 0 aromatic rings. The summed E-state index contributed by atoms with van der Waals surface area (Å²) in [5.74, 6) is -0.224. The lowest BCUT2D eigenvalue weighted by Gasteiger charge is -1.87. The summed E-state index contributed by atoms with van der Waals surface area (Å²) in [7, 11) is 0. The molecule has 42 valence electrons. The smallest absolute Gasteiger partial charge is 0.227 e. The van der Waals surface area contributed by atoms with Crippen LogP contribution in [0.2, 0.25) is 0 Å². The SMILES string of the molecule is NC(=O)CSCO. The first-order valence-electron chi connectivity index (χ1n) is 1.74. The van der Waals surface area contributed by atoms with E-state index in [9.17, 15) is 4.79 Å². The molecule has 1 amide bonds. The van der Waals surface area contributed by atoms with E-state index < -0.39 is 0 Å². The molecule has 4 heteroatoms. The maximum atomic E-state index is 9.85. The van der Waals surface area contributed by atoms with Gasteiger partial charge < -0.3 is 10.8 Å². The Hall–Kier alpha value is -0.220. The molecule has 0 aromatic carbocycles. The summed E-state index contributed by atoms with van der Waals surface area (Å²) in [5.41, 5.74) is 4.71. The third-order valence-electron chi connectivity index (χ3n) is 0.336. The van der Waals surface area contributed by atoms with Gasteiger partial charge in [-0.15, -0.1) is 11.8 Å². The summed E-state index contributed by atoms with van der Waals surface area (Å²) in [6.45, 7) is 0. The van der Waals surface area contributed by atoms with Crippen LogP contribution in [0.4, 0.5) is 0 Å². The van der Waals surface area contributed by atoms with Crippen LogP contribution in [0.5, 0.6) is 0 Å². The van der Waals surface area contributed by atoms with E-state index in [0.717, 1.165) is 11.8 Å². The third kappa shape index (κ3) is 5.78. The third-order valence-corrected chi connectivity index (χ3v) is 1.01. The van der Waals surface area contributed by atoms with Gasteiger partial charge in [0.2, 0.25) is 5.91 Å². The van der Waals surface area contributed by atoms with Gasteiger partial charge >= 0.3 is 0 Å². The normalized spacial score (nSPS) is 8.71. The number of aliphatic hydroxyl groups is 1. The summed E-state index contributed by atoms with van der Waals surface area (Å²) < 4.78 is 0. The lowest BCUT2D eigenvalue weighted by molar-refractivity contribution is -0.115. The molecule has 0 atom stereocenters. The van der Waals surface area contributed by atoms with Gasteiger partial charge in [-0.25, -0.2) is 0 Å². The lowest BCUT2D eigenvalue weighted by atomic mass is 10.8. The topological polar surface area (TPSA) is 63.3 Å². The monoisotopic (exact) mass is 121 g/mol. The minimum absolute atomic E-state index is 0.0388. The Morgan fingerprint density at radius 2 is 2.43 bits per heavy atom. The van der Waals surface area contributed by atoms with Crippen LogP contribution in [0.15, 0.2) is 0 Å². The van der Waals surface area contributed by atoms with Crippen LogP contribution < -0.4 is 5.73 Å². The Labute approximate surface area is 45.9 Å². The second-order valence-electron chi connectivity index (χ2n) is 0.944. The van der Waals surface area contributed by atoms with Gasteiger partial charge in [0.1, 0.15) is 0 Å². The Morgan fingerprint density at radius 3 is 2.57 bits per heavy atom. The number of hydrogen-bond donors (Lipinski definition) is 2. The van der Waals surface area contributed by atoms with Crippen LogP contribution >= 0.6 is 11.8 Å². The van der Waals surface area contributed by atoms with E-state index in [2.05, 4.69) is 0 Å². The van der Waals surface area contributed by atoms with E-state index in [1.54, 1.807) is 0 Å². The quantitative estimate of drug-likeness (QED) is 0.478. The Morgan fingerprint density at radius 1 is 1.86 bits per heavy atom. The molecule has 0 bridgehead atoms. The van der Waals surface area contributed by atoms with Crippen molar-refractivity contribution in [1.82, 2.24) is 0 Å². The van der Waals surface area contributed by atoms with Crippen LogP contribution in [0.3, 0.4) is 0 Å². The minimum Gasteiger partial charge on any atom is -0.386 e. The predicted octanol–water partition coefficient (Wildman–Crippen LogP) is -0.845. The minimum atomic E-state index is -0.390. The number of amides is 1. The van der Waals surface area contributed by atoms with Crippen molar-refractivity contribution in [3.05, 3.63) is 0 Å². The van der Waals surface area contributed by atoms with E-state index in [0.29, 0.717) is 0 Å². The van der Waals surface area contributed by atoms with E-state index in [4.69, 9.17) is 10.8 Å². The molecule has 0 aliphatic rings. The summed E-state index contributed by atoms with van der Waals surface area (Å²) in [4.78, 5) is 9.85. The van der Waals surface area contributed by atoms with E-state index >= 15 is 0 Å². The van der Waals surface area contributed by atoms with Crippen molar-refractivity contribution in [1.29, 1.82) is 0 Å². The zero-order valence-corrected chi connectivity index (χ0v) is 4.57. The predicted molar refractivity (Wildman–Crippen MR) is 28.7 cm³/mol. The molecule has 0 spiro atoms. The second kappa shape index (κ2) is 3.95. The number of nitrogens with two attached hydrogens (primary N) is 1. The average molecular weight is 121 g/mol. The van der Waals surface area contributed by atoms with Crippen LogP contribution in [0.25, 0.3) is 0 Å². The molecule has 0 heterocycles. The highest BCUT2D eigenvalue weighted by atomic mass is 32.2. The van der Waals surface area contributed by atoms with Gasteiger partial charge in [-0.05, 0) is 0 Å². The summed E-state index contributed by atoms with van der Waals surface area (Å²) >= 11 is 1.10. The second-order valence-corrected chi connectivity index (χ2v) is 1.90. The highest BCUT2D eigenvalue weighted by Crippen LogP contribution is 1.92. The summed E-state index contributed by atoms with van der Waals surface area (Å²) in [6.07, 6.45) is 0. The lowest BCUT2D eigenvalue weighted by Crippen LogP contribution is -2.13. The molecule has 3 N–H and O–H groups in total. The maximum Gasteiger partial charge on any atom is 0.227 e. The van der Waals surface area contributed by atoms with E-state index in [1.807, 2.05) is 0 Å². The highest BCUT2D eigenvalue weighted by Gasteiger charge is 1.89. The zero-order valence-electron chi connectivity index (χ0n) is 3.76. The summed E-state index contributed by atoms with van der Waals surface area (Å²) in [6, 6.07) is 0. The molecular weight excluding hydrogens is 114 g/mol. The fourth-order valence-corrected chi connectivity index (χ4v) is 0.439. The number of thioether (sulfide) groups is 1. The van der Waals surface area contributed by atoms with Gasteiger partial charge in [0.25, 0.3) is 0 Å². The summed E-state index contributed by atoms with van der Waals surface area (Å²) in [5, 5.41) is 8.07. The number of rotatable bonds is 3. The number of hydrogen-bond acceptors (Lipinski definition) is 3. The number of aliphatic hydroxyl groups excluding tert-OH is 1. The maximum absolute atomic E-state index is 9.85. The molecule has 0 unspecified atom stereocenters. The van der Waals surface area contributed by atoms with Crippen molar-refractivity contribution in [2.24, 2.45) is 5.73 Å². The van der Waals surface area contributed by atoms with Gasteiger partial charge in [0.15, 0.2) is 0 Å². The van der Waals surface area contributed by atoms with Gasteiger partial charge in [0.05, 0.1) is 11.7 Å². The molecule has 0 rings (SSSR count). The first-order chi connectivity index (χ1) is 3.27. The van der Waals surface area contributed by atoms with Crippen molar-refractivity contribution in [3.8, 4) is 0 Å². The molecule has 0 saturated heterocycles. The van der Waals surface area contributed by atoms with Gasteiger partial charge in [-0.1, -0.05) is 0 Å². The van der Waals surface area contributed by atoms with Crippen molar-refractivity contribution >= 4 is 17.7 Å². The van der Waals surface area contributed by atoms with Crippen molar-refractivity contribution in [2.75, 3.05) is 11.7 Å².